The third-order valence-electron chi connectivity index (χ3n) is 2.53. The Morgan fingerprint density at radius 1 is 1.11 bits per heavy atom. The van der Waals surface area contributed by atoms with Crippen LogP contribution >= 0.6 is 15.9 Å². The molecule has 0 aliphatic carbocycles. The third kappa shape index (κ3) is 2.82. The maximum absolute atomic E-state index is 13.4. The monoisotopic (exact) mass is 310 g/mol. The molecule has 0 atom stereocenters. The molecular formula is C14H9BrF2O. The van der Waals surface area contributed by atoms with Crippen LogP contribution in [0, 0.1) is 11.6 Å². The Morgan fingerprint density at radius 2 is 1.83 bits per heavy atom. The van der Waals surface area contributed by atoms with Crippen LogP contribution in [-0.4, -0.2) is 5.78 Å². The highest BCUT2D eigenvalue weighted by Crippen LogP contribution is 2.20. The Morgan fingerprint density at radius 3 is 2.56 bits per heavy atom. The maximum Gasteiger partial charge on any atom is 0.170 e. The lowest BCUT2D eigenvalue weighted by atomic mass is 10.0. The number of carbonyl (C=O) groups is 1. The quantitative estimate of drug-likeness (QED) is 0.778. The van der Waals surface area contributed by atoms with Crippen LogP contribution in [0.4, 0.5) is 8.78 Å². The number of carbonyl (C=O) groups excluding carboxylic acids is 1. The highest BCUT2D eigenvalue weighted by atomic mass is 79.9. The number of hydrogen-bond donors (Lipinski definition) is 0. The average Bonchev–Trinajstić information content (AvgIpc) is 2.34. The molecule has 2 rings (SSSR count). The van der Waals surface area contributed by atoms with Crippen molar-refractivity contribution in [1.29, 1.82) is 0 Å². The number of ketones is 1. The van der Waals surface area contributed by atoms with Gasteiger partial charge in [-0.3, -0.25) is 4.79 Å². The van der Waals surface area contributed by atoms with E-state index in [-0.39, 0.29) is 17.8 Å². The van der Waals surface area contributed by atoms with Gasteiger partial charge in [0, 0.05) is 10.9 Å². The van der Waals surface area contributed by atoms with E-state index in [1.54, 1.807) is 6.07 Å². The van der Waals surface area contributed by atoms with E-state index in [1.807, 2.05) is 0 Å². The molecule has 0 bridgehead atoms. The minimum absolute atomic E-state index is 0.0219. The standard InChI is InChI=1S/C14H9BrF2O/c15-12-6-5-10(16)7-9(12)8-14(18)11-3-1-2-4-13(11)17/h1-7H,8H2. The molecule has 4 heteroatoms. The summed E-state index contributed by atoms with van der Waals surface area (Å²) in [5.41, 5.74) is 0.525. The van der Waals surface area contributed by atoms with Gasteiger partial charge >= 0.3 is 0 Å². The molecule has 0 N–H and O–H groups in total. The van der Waals surface area contributed by atoms with Gasteiger partial charge in [-0.1, -0.05) is 28.1 Å². The molecule has 0 saturated carbocycles. The molecule has 0 spiro atoms. The molecule has 92 valence electrons. The van der Waals surface area contributed by atoms with Crippen LogP contribution in [0.25, 0.3) is 0 Å². The Hall–Kier alpha value is -1.55. The first kappa shape index (κ1) is 12.9. The van der Waals surface area contributed by atoms with Gasteiger partial charge in [-0.2, -0.15) is 0 Å². The van der Waals surface area contributed by atoms with Crippen LogP contribution in [0.2, 0.25) is 0 Å². The Kier molecular flexibility index (Phi) is 3.87. The molecule has 0 heterocycles. The van der Waals surface area contributed by atoms with Gasteiger partial charge in [-0.05, 0) is 35.9 Å². The van der Waals surface area contributed by atoms with Crippen molar-refractivity contribution in [2.24, 2.45) is 0 Å². The Balaban J connectivity index is 2.27. The van der Waals surface area contributed by atoms with Gasteiger partial charge in [0.25, 0.3) is 0 Å². The number of rotatable bonds is 3. The van der Waals surface area contributed by atoms with Crippen molar-refractivity contribution in [2.45, 2.75) is 6.42 Å². The van der Waals surface area contributed by atoms with Gasteiger partial charge < -0.3 is 0 Å². The van der Waals surface area contributed by atoms with Crippen LogP contribution in [0.15, 0.2) is 46.9 Å². The van der Waals surface area contributed by atoms with Crippen molar-refractivity contribution in [3.63, 3.8) is 0 Å². The third-order valence-corrected chi connectivity index (χ3v) is 3.31. The van der Waals surface area contributed by atoms with Gasteiger partial charge in [-0.25, -0.2) is 8.78 Å². The summed E-state index contributed by atoms with van der Waals surface area (Å²) in [6.07, 6.45) is -0.0424. The van der Waals surface area contributed by atoms with E-state index >= 15 is 0 Å². The topological polar surface area (TPSA) is 17.1 Å². The first-order valence-electron chi connectivity index (χ1n) is 5.29. The van der Waals surface area contributed by atoms with E-state index in [2.05, 4.69) is 15.9 Å². The second kappa shape index (κ2) is 5.40. The van der Waals surface area contributed by atoms with Crippen LogP contribution < -0.4 is 0 Å². The molecule has 2 aromatic rings. The molecule has 0 aromatic heterocycles. The molecule has 1 nitrogen and oxygen atoms in total. The number of Topliss-reactive ketones (excluding diaryl/α,β-unsaturated/α-hetero) is 1. The molecule has 0 unspecified atom stereocenters. The van der Waals surface area contributed by atoms with E-state index in [9.17, 15) is 13.6 Å². The summed E-state index contributed by atoms with van der Waals surface area (Å²) < 4.78 is 27.1. The lowest BCUT2D eigenvalue weighted by Gasteiger charge is -2.05. The van der Waals surface area contributed by atoms with Crippen LogP contribution in [0.3, 0.4) is 0 Å². The predicted molar refractivity (Wildman–Crippen MR) is 68.5 cm³/mol. The van der Waals surface area contributed by atoms with Gasteiger partial charge in [0.15, 0.2) is 5.78 Å². The van der Waals surface area contributed by atoms with Crippen molar-refractivity contribution in [3.8, 4) is 0 Å². The van der Waals surface area contributed by atoms with Gasteiger partial charge in [0.1, 0.15) is 11.6 Å². The van der Waals surface area contributed by atoms with E-state index in [1.165, 1.54) is 36.4 Å². The zero-order chi connectivity index (χ0) is 13.1. The number of benzene rings is 2. The SMILES string of the molecule is O=C(Cc1cc(F)ccc1Br)c1ccccc1F. The molecule has 0 aliphatic heterocycles. The largest absolute Gasteiger partial charge is 0.294 e. The first-order valence-corrected chi connectivity index (χ1v) is 6.09. The van der Waals surface area contributed by atoms with Gasteiger partial charge in [-0.15, -0.1) is 0 Å². The van der Waals surface area contributed by atoms with Crippen molar-refractivity contribution < 1.29 is 13.6 Å². The zero-order valence-electron chi connectivity index (χ0n) is 9.29. The predicted octanol–water partition coefficient (Wildman–Crippen LogP) is 4.15. The molecule has 0 aliphatic rings. The fourth-order valence-corrected chi connectivity index (χ4v) is 2.02. The van der Waals surface area contributed by atoms with Crippen molar-refractivity contribution >= 4 is 21.7 Å². The summed E-state index contributed by atoms with van der Waals surface area (Å²) in [4.78, 5) is 11.9. The van der Waals surface area contributed by atoms with E-state index in [0.29, 0.717) is 10.0 Å². The summed E-state index contributed by atoms with van der Waals surface area (Å²) in [5.74, 6) is -1.36. The normalized spacial score (nSPS) is 10.4. The molecule has 2 aromatic carbocycles. The summed E-state index contributed by atoms with van der Waals surface area (Å²) in [6, 6.07) is 9.85. The molecule has 0 radical (unpaired) electrons. The fraction of sp³-hybridized carbons (Fsp3) is 0.0714. The summed E-state index contributed by atoms with van der Waals surface area (Å²) >= 11 is 3.24. The lowest BCUT2D eigenvalue weighted by molar-refractivity contribution is 0.0989. The minimum atomic E-state index is -0.560. The maximum atomic E-state index is 13.4. The van der Waals surface area contributed by atoms with E-state index < -0.39 is 11.6 Å². The highest BCUT2D eigenvalue weighted by molar-refractivity contribution is 9.10. The average molecular weight is 311 g/mol. The van der Waals surface area contributed by atoms with Crippen molar-refractivity contribution in [2.75, 3.05) is 0 Å². The lowest BCUT2D eigenvalue weighted by Crippen LogP contribution is -2.06. The van der Waals surface area contributed by atoms with Gasteiger partial charge in [0.05, 0.1) is 5.56 Å². The second-order valence-corrected chi connectivity index (χ2v) is 4.67. The van der Waals surface area contributed by atoms with Crippen molar-refractivity contribution in [3.05, 3.63) is 69.7 Å². The van der Waals surface area contributed by atoms with Gasteiger partial charge in [0.2, 0.25) is 0 Å². The van der Waals surface area contributed by atoms with E-state index in [0.717, 1.165) is 0 Å². The molecule has 18 heavy (non-hydrogen) atoms. The summed E-state index contributed by atoms with van der Waals surface area (Å²) in [5, 5.41) is 0. The molecule has 0 fully saturated rings. The Labute approximate surface area is 112 Å². The van der Waals surface area contributed by atoms with Crippen LogP contribution in [0.1, 0.15) is 15.9 Å². The number of halogens is 3. The van der Waals surface area contributed by atoms with Crippen molar-refractivity contribution in [1.82, 2.24) is 0 Å². The number of hydrogen-bond acceptors (Lipinski definition) is 1. The zero-order valence-corrected chi connectivity index (χ0v) is 10.9. The highest BCUT2D eigenvalue weighted by Gasteiger charge is 2.13. The first-order chi connectivity index (χ1) is 8.58. The van der Waals surface area contributed by atoms with Crippen LogP contribution in [0.5, 0.6) is 0 Å². The molecular weight excluding hydrogens is 302 g/mol. The summed E-state index contributed by atoms with van der Waals surface area (Å²) in [7, 11) is 0. The Bertz CT molecular complexity index is 596. The minimum Gasteiger partial charge on any atom is -0.294 e. The molecule has 0 saturated heterocycles. The smallest absolute Gasteiger partial charge is 0.170 e. The molecule has 0 amide bonds. The van der Waals surface area contributed by atoms with Crippen LogP contribution in [-0.2, 0) is 6.42 Å². The second-order valence-electron chi connectivity index (χ2n) is 3.82. The van der Waals surface area contributed by atoms with E-state index in [4.69, 9.17) is 0 Å². The fourth-order valence-electron chi connectivity index (χ4n) is 1.63. The summed E-state index contributed by atoms with van der Waals surface area (Å²) in [6.45, 7) is 0.